The first-order valence-corrected chi connectivity index (χ1v) is 7.45. The van der Waals surface area contributed by atoms with Crippen LogP contribution in [0.3, 0.4) is 0 Å². The molecule has 0 spiro atoms. The number of aryl methyl sites for hydroxylation is 2. The van der Waals surface area contributed by atoms with E-state index in [0.29, 0.717) is 24.1 Å². The molecule has 0 unspecified atom stereocenters. The molecule has 0 amide bonds. The van der Waals surface area contributed by atoms with Crippen molar-refractivity contribution in [1.82, 2.24) is 9.71 Å². The van der Waals surface area contributed by atoms with Crippen LogP contribution in [0, 0.1) is 6.92 Å². The minimum Gasteiger partial charge on any atom is -0.328 e. The van der Waals surface area contributed by atoms with Crippen molar-refractivity contribution in [1.29, 1.82) is 0 Å². The molecular formula is C16H17ClN2O3. The molecule has 1 heterocycles. The van der Waals surface area contributed by atoms with Gasteiger partial charge in [0.1, 0.15) is 5.69 Å². The van der Waals surface area contributed by atoms with Crippen LogP contribution in [0.4, 0.5) is 0 Å². The summed E-state index contributed by atoms with van der Waals surface area (Å²) in [5, 5.41) is 0.177. The smallest absolute Gasteiger partial charge is 0.328 e. The summed E-state index contributed by atoms with van der Waals surface area (Å²) >= 11 is 6.07. The van der Waals surface area contributed by atoms with E-state index in [-0.39, 0.29) is 10.8 Å². The summed E-state index contributed by atoms with van der Waals surface area (Å²) in [6.07, 6.45) is 0.830. The van der Waals surface area contributed by atoms with Gasteiger partial charge in [-0.1, -0.05) is 43.1 Å². The molecule has 0 N–H and O–H groups in total. The number of carbonyl (C=O) groups excluding carboxylic acids is 1. The molecular weight excluding hydrogens is 304 g/mol. The van der Waals surface area contributed by atoms with Crippen LogP contribution >= 0.6 is 11.6 Å². The number of aromatic nitrogens is 2. The van der Waals surface area contributed by atoms with Gasteiger partial charge in [0.25, 0.3) is 0 Å². The molecule has 5 nitrogen and oxygen atoms in total. The molecule has 2 rings (SSSR count). The molecule has 116 valence electrons. The average Bonchev–Trinajstić information content (AvgIpc) is 2.51. The number of benzene rings is 1. The van der Waals surface area contributed by atoms with E-state index in [1.54, 1.807) is 31.2 Å². The predicted octanol–water partition coefficient (Wildman–Crippen LogP) is 2.60. The number of rotatable bonds is 4. The van der Waals surface area contributed by atoms with E-state index in [0.717, 1.165) is 10.3 Å². The summed E-state index contributed by atoms with van der Waals surface area (Å²) < 4.78 is 0.955. The largest absolute Gasteiger partial charge is 0.363 e. The maximum absolute atomic E-state index is 12.3. The van der Waals surface area contributed by atoms with E-state index >= 15 is 0 Å². The van der Waals surface area contributed by atoms with Crippen molar-refractivity contribution in [2.45, 2.75) is 33.6 Å². The van der Waals surface area contributed by atoms with Crippen LogP contribution < -0.4 is 10.4 Å². The third-order valence-corrected chi connectivity index (χ3v) is 3.58. The van der Waals surface area contributed by atoms with Crippen molar-refractivity contribution < 1.29 is 9.63 Å². The molecule has 6 heteroatoms. The molecule has 0 aliphatic heterocycles. The van der Waals surface area contributed by atoms with Crippen LogP contribution in [0.2, 0.25) is 5.15 Å². The van der Waals surface area contributed by atoms with Crippen molar-refractivity contribution in [2.24, 2.45) is 0 Å². The zero-order valence-corrected chi connectivity index (χ0v) is 13.5. The maximum Gasteiger partial charge on any atom is 0.363 e. The van der Waals surface area contributed by atoms with E-state index in [1.807, 2.05) is 13.8 Å². The molecule has 0 saturated carbocycles. The van der Waals surface area contributed by atoms with E-state index in [2.05, 4.69) is 4.98 Å². The number of hydrogen-bond acceptors (Lipinski definition) is 4. The summed E-state index contributed by atoms with van der Waals surface area (Å²) in [6, 6.07) is 6.91. The Balaban J connectivity index is 2.44. The highest BCUT2D eigenvalue weighted by molar-refractivity contribution is 6.30. The molecule has 2 aromatic rings. The van der Waals surface area contributed by atoms with Crippen LogP contribution in [0.15, 0.2) is 29.1 Å². The van der Waals surface area contributed by atoms with Gasteiger partial charge < -0.3 is 4.84 Å². The Labute approximate surface area is 133 Å². The third kappa shape index (κ3) is 3.20. The van der Waals surface area contributed by atoms with Gasteiger partial charge in [0.2, 0.25) is 0 Å². The second kappa shape index (κ2) is 6.75. The number of carbonyl (C=O) groups is 1. The molecule has 0 radical (unpaired) electrons. The second-order valence-electron chi connectivity index (χ2n) is 4.85. The van der Waals surface area contributed by atoms with Gasteiger partial charge in [-0.15, -0.1) is 4.73 Å². The summed E-state index contributed by atoms with van der Waals surface area (Å²) in [5.41, 5.74) is 1.58. The summed E-state index contributed by atoms with van der Waals surface area (Å²) in [4.78, 5) is 33.8. The van der Waals surface area contributed by atoms with Gasteiger partial charge in [-0.3, -0.25) is 4.79 Å². The van der Waals surface area contributed by atoms with Crippen LogP contribution in [0.5, 0.6) is 0 Å². The Morgan fingerprint density at radius 1 is 1.23 bits per heavy atom. The summed E-state index contributed by atoms with van der Waals surface area (Å²) in [5.74, 6) is -0.610. The third-order valence-electron chi connectivity index (χ3n) is 3.28. The van der Waals surface area contributed by atoms with Gasteiger partial charge >= 0.3 is 11.5 Å². The minimum absolute atomic E-state index is 0.177. The Bertz CT molecular complexity index is 751. The van der Waals surface area contributed by atoms with Crippen molar-refractivity contribution in [3.05, 3.63) is 62.3 Å². The lowest BCUT2D eigenvalue weighted by molar-refractivity contribution is 0.0425. The lowest BCUT2D eigenvalue weighted by atomic mass is 10.2. The number of hydrogen-bond donors (Lipinski definition) is 0. The van der Waals surface area contributed by atoms with Gasteiger partial charge in [0.15, 0.2) is 5.15 Å². The van der Waals surface area contributed by atoms with Gasteiger partial charge in [-0.2, -0.15) is 0 Å². The van der Waals surface area contributed by atoms with E-state index in [4.69, 9.17) is 16.4 Å². The van der Waals surface area contributed by atoms with Crippen LogP contribution in [0.1, 0.15) is 41.2 Å². The van der Waals surface area contributed by atoms with Crippen LogP contribution in [0.25, 0.3) is 0 Å². The maximum atomic E-state index is 12.3. The molecule has 1 aromatic carbocycles. The normalized spacial score (nSPS) is 10.5. The van der Waals surface area contributed by atoms with Gasteiger partial charge in [0, 0.05) is 0 Å². The molecule has 0 fully saturated rings. The molecule has 0 bridgehead atoms. The molecule has 1 aromatic heterocycles. The van der Waals surface area contributed by atoms with E-state index in [9.17, 15) is 9.59 Å². The fourth-order valence-corrected chi connectivity index (χ4v) is 2.31. The Morgan fingerprint density at radius 2 is 1.86 bits per heavy atom. The minimum atomic E-state index is -0.610. The van der Waals surface area contributed by atoms with Gasteiger partial charge in [0.05, 0.1) is 11.3 Å². The van der Waals surface area contributed by atoms with Crippen molar-refractivity contribution >= 4 is 17.6 Å². The topological polar surface area (TPSA) is 61.2 Å². The standard InChI is InChI=1S/C16H17ClN2O3/c1-4-12-15(20)19(13(5-2)14(17)18-12)22-16(21)11-8-6-10(3)7-9-11/h6-9H,4-5H2,1-3H3. The Kier molecular flexibility index (Phi) is 4.98. The van der Waals surface area contributed by atoms with Crippen LogP contribution in [-0.2, 0) is 12.8 Å². The Hall–Kier alpha value is -2.14. The first-order valence-electron chi connectivity index (χ1n) is 7.07. The summed E-state index contributed by atoms with van der Waals surface area (Å²) in [6.45, 7) is 5.52. The average molecular weight is 321 g/mol. The van der Waals surface area contributed by atoms with Gasteiger partial charge in [-0.25, -0.2) is 9.78 Å². The SMILES string of the molecule is CCc1nc(Cl)c(CC)n(OC(=O)c2ccc(C)cc2)c1=O. The highest BCUT2D eigenvalue weighted by Crippen LogP contribution is 2.12. The van der Waals surface area contributed by atoms with Crippen LogP contribution in [-0.4, -0.2) is 15.7 Å². The quantitative estimate of drug-likeness (QED) is 0.868. The number of nitrogens with zero attached hydrogens (tertiary/aromatic N) is 2. The van der Waals surface area contributed by atoms with Gasteiger partial charge in [-0.05, 0) is 31.9 Å². The van der Waals surface area contributed by atoms with Crippen molar-refractivity contribution in [3.63, 3.8) is 0 Å². The molecule has 0 aliphatic rings. The molecule has 0 saturated heterocycles. The Morgan fingerprint density at radius 3 is 2.41 bits per heavy atom. The first-order chi connectivity index (χ1) is 10.5. The molecule has 0 atom stereocenters. The van der Waals surface area contributed by atoms with Crippen molar-refractivity contribution in [2.75, 3.05) is 0 Å². The first kappa shape index (κ1) is 16.2. The summed E-state index contributed by atoms with van der Waals surface area (Å²) in [7, 11) is 0. The predicted molar refractivity (Wildman–Crippen MR) is 84.4 cm³/mol. The zero-order valence-electron chi connectivity index (χ0n) is 12.7. The van der Waals surface area contributed by atoms with E-state index < -0.39 is 11.5 Å². The highest BCUT2D eigenvalue weighted by atomic mass is 35.5. The zero-order chi connectivity index (χ0) is 16.3. The number of halogens is 1. The fourth-order valence-electron chi connectivity index (χ4n) is 2.00. The van der Waals surface area contributed by atoms with Crippen molar-refractivity contribution in [3.8, 4) is 0 Å². The monoisotopic (exact) mass is 320 g/mol. The molecule has 0 aliphatic carbocycles. The second-order valence-corrected chi connectivity index (χ2v) is 5.21. The fraction of sp³-hybridized carbons (Fsp3) is 0.312. The lowest BCUT2D eigenvalue weighted by Gasteiger charge is -2.13. The highest BCUT2D eigenvalue weighted by Gasteiger charge is 2.18. The van der Waals surface area contributed by atoms with E-state index in [1.165, 1.54) is 0 Å². The molecule has 22 heavy (non-hydrogen) atoms. The lowest BCUT2D eigenvalue weighted by Crippen LogP contribution is -2.36.